The first-order valence-electron chi connectivity index (χ1n) is 6.16. The van der Waals surface area contributed by atoms with Crippen molar-refractivity contribution in [2.75, 3.05) is 19.0 Å². The van der Waals surface area contributed by atoms with Gasteiger partial charge in [0.15, 0.2) is 5.84 Å². The van der Waals surface area contributed by atoms with E-state index < -0.39 is 0 Å². The number of hydrogen-bond acceptors (Lipinski definition) is 4. The van der Waals surface area contributed by atoms with Crippen LogP contribution in [0.25, 0.3) is 0 Å². The number of carbonyl (C=O) groups excluding carboxylic acids is 1. The molecule has 0 atom stereocenters. The summed E-state index contributed by atoms with van der Waals surface area (Å²) in [6, 6.07) is 6.59. The molecule has 20 heavy (non-hydrogen) atoms. The summed E-state index contributed by atoms with van der Waals surface area (Å²) < 4.78 is 5.09. The molecule has 0 spiro atoms. The lowest BCUT2D eigenvalue weighted by Gasteiger charge is -2.26. The van der Waals surface area contributed by atoms with E-state index >= 15 is 0 Å². The predicted octanol–water partition coefficient (Wildman–Crippen LogP) is 1.68. The lowest BCUT2D eigenvalue weighted by molar-refractivity contribution is 0.205. The fraction of sp³-hybridized carbons (Fsp3) is 0.385. The zero-order valence-corrected chi connectivity index (χ0v) is 11.8. The van der Waals surface area contributed by atoms with Crippen molar-refractivity contribution in [1.82, 2.24) is 4.90 Å². The highest BCUT2D eigenvalue weighted by Gasteiger charge is 2.18. The number of urea groups is 1. The minimum Gasteiger partial charge on any atom is -0.497 e. The zero-order valence-electron chi connectivity index (χ0n) is 11.8. The minimum atomic E-state index is -0.333. The summed E-state index contributed by atoms with van der Waals surface area (Å²) in [7, 11) is 1.56. The number of hydrogen-bond donors (Lipinski definition) is 3. The summed E-state index contributed by atoms with van der Waals surface area (Å²) in [6.07, 6.45) is 0. The quantitative estimate of drug-likeness (QED) is 0.330. The van der Waals surface area contributed by atoms with E-state index in [9.17, 15) is 4.79 Å². The molecule has 0 aliphatic rings. The molecule has 0 saturated carbocycles. The maximum Gasteiger partial charge on any atom is 0.322 e. The predicted molar refractivity (Wildman–Crippen MR) is 77.3 cm³/mol. The fourth-order valence-corrected chi connectivity index (χ4v) is 1.59. The molecule has 7 heteroatoms. The van der Waals surface area contributed by atoms with Crippen molar-refractivity contribution in [3.8, 4) is 5.75 Å². The fourth-order valence-electron chi connectivity index (χ4n) is 1.59. The van der Waals surface area contributed by atoms with Gasteiger partial charge in [0.25, 0.3) is 0 Å². The van der Waals surface area contributed by atoms with Gasteiger partial charge in [-0.1, -0.05) is 11.2 Å². The van der Waals surface area contributed by atoms with Crippen LogP contribution in [0.2, 0.25) is 0 Å². The second kappa shape index (κ2) is 7.22. The summed E-state index contributed by atoms with van der Waals surface area (Å²) in [4.78, 5) is 13.6. The van der Waals surface area contributed by atoms with Crippen molar-refractivity contribution in [2.45, 2.75) is 19.9 Å². The van der Waals surface area contributed by atoms with E-state index in [0.717, 1.165) is 0 Å². The molecule has 0 saturated heterocycles. The molecule has 0 aromatic heterocycles. The SMILES string of the molecule is COc1cccc(NC(=O)N(CC(N)=NO)C(C)C)c1. The maximum atomic E-state index is 12.2. The van der Waals surface area contributed by atoms with Crippen LogP contribution in [-0.2, 0) is 0 Å². The average molecular weight is 280 g/mol. The number of benzene rings is 1. The molecule has 0 heterocycles. The van der Waals surface area contributed by atoms with Gasteiger partial charge in [-0.2, -0.15) is 0 Å². The van der Waals surface area contributed by atoms with Crippen molar-refractivity contribution in [3.05, 3.63) is 24.3 Å². The molecule has 0 radical (unpaired) electrons. The van der Waals surface area contributed by atoms with Crippen LogP contribution in [0.15, 0.2) is 29.4 Å². The van der Waals surface area contributed by atoms with Gasteiger partial charge in [0.2, 0.25) is 0 Å². The average Bonchev–Trinajstić information content (AvgIpc) is 2.44. The van der Waals surface area contributed by atoms with E-state index in [1.807, 2.05) is 13.8 Å². The first-order valence-corrected chi connectivity index (χ1v) is 6.16. The molecule has 110 valence electrons. The smallest absolute Gasteiger partial charge is 0.322 e. The van der Waals surface area contributed by atoms with Crippen molar-refractivity contribution in [1.29, 1.82) is 0 Å². The van der Waals surface area contributed by atoms with Gasteiger partial charge in [0.1, 0.15) is 5.75 Å². The number of nitrogens with zero attached hydrogens (tertiary/aromatic N) is 2. The molecule has 7 nitrogen and oxygen atoms in total. The zero-order chi connectivity index (χ0) is 15.1. The van der Waals surface area contributed by atoms with Gasteiger partial charge in [-0.05, 0) is 26.0 Å². The Morgan fingerprint density at radius 2 is 2.25 bits per heavy atom. The van der Waals surface area contributed by atoms with Crippen LogP contribution in [0.4, 0.5) is 10.5 Å². The lowest BCUT2D eigenvalue weighted by atomic mass is 10.3. The summed E-state index contributed by atoms with van der Waals surface area (Å²) >= 11 is 0. The van der Waals surface area contributed by atoms with Gasteiger partial charge in [0.05, 0.1) is 13.7 Å². The van der Waals surface area contributed by atoms with Crippen molar-refractivity contribution in [2.24, 2.45) is 10.9 Å². The molecular weight excluding hydrogens is 260 g/mol. The van der Waals surface area contributed by atoms with E-state index in [1.165, 1.54) is 4.90 Å². The first kappa shape index (κ1) is 15.6. The Hall–Kier alpha value is -2.44. The number of anilines is 1. The van der Waals surface area contributed by atoms with Gasteiger partial charge >= 0.3 is 6.03 Å². The van der Waals surface area contributed by atoms with Crippen molar-refractivity contribution in [3.63, 3.8) is 0 Å². The Morgan fingerprint density at radius 3 is 2.80 bits per heavy atom. The van der Waals surface area contributed by atoms with E-state index in [-0.39, 0.29) is 24.5 Å². The molecule has 4 N–H and O–H groups in total. The van der Waals surface area contributed by atoms with E-state index in [4.69, 9.17) is 15.7 Å². The topological polar surface area (TPSA) is 100 Å². The molecule has 0 aliphatic heterocycles. The first-order chi connectivity index (χ1) is 9.47. The van der Waals surface area contributed by atoms with Crippen molar-refractivity contribution >= 4 is 17.6 Å². The highest BCUT2D eigenvalue weighted by atomic mass is 16.5. The van der Waals surface area contributed by atoms with Crippen LogP contribution in [0.3, 0.4) is 0 Å². The van der Waals surface area contributed by atoms with E-state index in [0.29, 0.717) is 11.4 Å². The summed E-state index contributed by atoms with van der Waals surface area (Å²) in [5.41, 5.74) is 6.06. The molecule has 2 amide bonds. The third-order valence-electron chi connectivity index (χ3n) is 2.67. The van der Waals surface area contributed by atoms with Crippen LogP contribution in [0.5, 0.6) is 5.75 Å². The van der Waals surface area contributed by atoms with E-state index in [1.54, 1.807) is 31.4 Å². The Bertz CT molecular complexity index is 488. The Balaban J connectivity index is 2.80. The normalized spacial score (nSPS) is 11.3. The number of nitrogens with two attached hydrogens (primary N) is 1. The Morgan fingerprint density at radius 1 is 1.55 bits per heavy atom. The second-order valence-electron chi connectivity index (χ2n) is 4.48. The van der Waals surface area contributed by atoms with Crippen molar-refractivity contribution < 1.29 is 14.7 Å². The summed E-state index contributed by atoms with van der Waals surface area (Å²) in [5.74, 6) is 0.620. The largest absolute Gasteiger partial charge is 0.497 e. The number of oxime groups is 1. The molecule has 1 aromatic carbocycles. The van der Waals surface area contributed by atoms with Gasteiger partial charge in [-0.25, -0.2) is 4.79 Å². The Kier molecular flexibility index (Phi) is 5.64. The molecule has 0 fully saturated rings. The van der Waals surface area contributed by atoms with Crippen LogP contribution in [-0.4, -0.2) is 41.7 Å². The van der Waals surface area contributed by atoms with Gasteiger partial charge < -0.3 is 25.9 Å². The van der Waals surface area contributed by atoms with E-state index in [2.05, 4.69) is 10.5 Å². The third kappa shape index (κ3) is 4.34. The molecule has 1 rings (SSSR count). The molecule has 1 aromatic rings. The molecule has 0 bridgehead atoms. The highest BCUT2D eigenvalue weighted by Crippen LogP contribution is 2.17. The number of amides is 2. The summed E-state index contributed by atoms with van der Waals surface area (Å²) in [5, 5.41) is 14.2. The monoisotopic (exact) mass is 280 g/mol. The van der Waals surface area contributed by atoms with Gasteiger partial charge in [-0.15, -0.1) is 0 Å². The molecule has 0 unspecified atom stereocenters. The van der Waals surface area contributed by atoms with Crippen LogP contribution < -0.4 is 15.8 Å². The number of rotatable bonds is 5. The Labute approximate surface area is 118 Å². The standard InChI is InChI=1S/C13H20N4O3/c1-9(2)17(8-12(14)16-19)13(18)15-10-5-4-6-11(7-10)20-3/h4-7,9,19H,8H2,1-3H3,(H2,14,16)(H,15,18). The highest BCUT2D eigenvalue weighted by molar-refractivity contribution is 5.93. The minimum absolute atomic E-state index is 0.0282. The van der Waals surface area contributed by atoms with Gasteiger partial charge in [-0.3, -0.25) is 0 Å². The third-order valence-corrected chi connectivity index (χ3v) is 2.67. The number of ether oxygens (including phenoxy) is 1. The van der Waals surface area contributed by atoms with Crippen LogP contribution >= 0.6 is 0 Å². The van der Waals surface area contributed by atoms with Gasteiger partial charge in [0, 0.05) is 17.8 Å². The maximum absolute atomic E-state index is 12.2. The molecular formula is C13H20N4O3. The number of nitrogens with one attached hydrogen (secondary N) is 1. The molecule has 0 aliphatic carbocycles. The number of methoxy groups -OCH3 is 1. The second-order valence-corrected chi connectivity index (χ2v) is 4.48. The summed E-state index contributed by atoms with van der Waals surface area (Å²) in [6.45, 7) is 3.73. The number of carbonyl (C=O) groups is 1. The number of amidine groups is 1. The van der Waals surface area contributed by atoms with Crippen LogP contribution in [0.1, 0.15) is 13.8 Å². The van der Waals surface area contributed by atoms with Crippen LogP contribution in [0, 0.1) is 0 Å². The lowest BCUT2D eigenvalue weighted by Crippen LogP contribution is -2.45.